The molecule has 2 aliphatic carbocycles. The van der Waals surface area contributed by atoms with E-state index in [1.807, 2.05) is 20.8 Å². The van der Waals surface area contributed by atoms with Gasteiger partial charge in [-0.3, -0.25) is 9.59 Å². The van der Waals surface area contributed by atoms with E-state index >= 15 is 0 Å². The number of hydrogen-bond donors (Lipinski definition) is 1. The van der Waals surface area contributed by atoms with E-state index in [4.69, 9.17) is 19.3 Å². The van der Waals surface area contributed by atoms with E-state index in [9.17, 15) is 19.2 Å². The zero-order valence-electron chi connectivity index (χ0n) is 25.1. The smallest absolute Gasteiger partial charge is 0.357 e. The van der Waals surface area contributed by atoms with Crippen LogP contribution in [-0.4, -0.2) is 57.8 Å². The van der Waals surface area contributed by atoms with Crippen LogP contribution in [0.2, 0.25) is 0 Å². The number of aliphatic carboxylic acids is 1. The van der Waals surface area contributed by atoms with Crippen molar-refractivity contribution in [3.63, 3.8) is 0 Å². The number of thiazole rings is 2. The van der Waals surface area contributed by atoms with Crippen LogP contribution < -0.4 is 0 Å². The fraction of sp³-hybridized carbons (Fsp3) is 0.677. The fourth-order valence-corrected chi connectivity index (χ4v) is 7.02. The summed E-state index contributed by atoms with van der Waals surface area (Å²) in [6.07, 6.45) is 6.46. The number of nitrogens with zero attached hydrogens (tertiary/aromatic N) is 2. The summed E-state index contributed by atoms with van der Waals surface area (Å²) in [6, 6.07) is 0. The first kappa shape index (κ1) is 36.3. The zero-order chi connectivity index (χ0) is 30.9. The Morgan fingerprint density at radius 2 is 1.16 bits per heavy atom. The van der Waals surface area contributed by atoms with E-state index in [1.165, 1.54) is 22.7 Å². The molecule has 0 aromatic carbocycles. The van der Waals surface area contributed by atoms with Crippen molar-refractivity contribution >= 4 is 46.6 Å². The summed E-state index contributed by atoms with van der Waals surface area (Å²) in [6.45, 7) is 9.92. The first-order chi connectivity index (χ1) is 19.9. The zero-order valence-corrected chi connectivity index (χ0v) is 26.7. The van der Waals surface area contributed by atoms with Gasteiger partial charge >= 0.3 is 23.9 Å². The molecule has 4 rings (SSSR count). The van der Waals surface area contributed by atoms with Gasteiger partial charge in [0.25, 0.3) is 0 Å². The number of hydrogen-bond acceptors (Lipinski definition) is 11. The highest BCUT2D eigenvalue weighted by molar-refractivity contribution is 7.10. The molecule has 240 valence electrons. The van der Waals surface area contributed by atoms with Gasteiger partial charge in [0.1, 0.15) is 5.60 Å². The van der Waals surface area contributed by atoms with E-state index in [-0.39, 0.29) is 43.1 Å². The number of rotatable bonds is 8. The maximum atomic E-state index is 12.1. The molecule has 2 aromatic rings. The lowest BCUT2D eigenvalue weighted by Gasteiger charge is -2.29. The second kappa shape index (κ2) is 16.8. The van der Waals surface area contributed by atoms with Crippen LogP contribution >= 0.6 is 22.7 Å². The van der Waals surface area contributed by atoms with E-state index in [0.29, 0.717) is 43.4 Å². The van der Waals surface area contributed by atoms with Gasteiger partial charge in [-0.25, -0.2) is 19.6 Å². The van der Waals surface area contributed by atoms with Crippen molar-refractivity contribution in [2.24, 2.45) is 11.8 Å². The van der Waals surface area contributed by atoms with Gasteiger partial charge in [0.05, 0.1) is 35.1 Å². The number of ether oxygens (including phenoxy) is 3. The Hall–Kier alpha value is -2.86. The van der Waals surface area contributed by atoms with Crippen molar-refractivity contribution in [1.82, 2.24) is 9.97 Å². The molecule has 12 heteroatoms. The predicted molar refractivity (Wildman–Crippen MR) is 166 cm³/mol. The number of carbonyl (C=O) groups excluding carboxylic acids is 3. The van der Waals surface area contributed by atoms with Crippen LogP contribution in [0.5, 0.6) is 0 Å². The van der Waals surface area contributed by atoms with Crippen LogP contribution in [0.3, 0.4) is 0 Å². The molecular weight excluding hydrogens is 592 g/mol. The van der Waals surface area contributed by atoms with E-state index in [1.54, 1.807) is 24.6 Å². The highest BCUT2D eigenvalue weighted by Crippen LogP contribution is 2.38. The van der Waals surface area contributed by atoms with Gasteiger partial charge in [-0.2, -0.15) is 0 Å². The van der Waals surface area contributed by atoms with Crippen LogP contribution in [0.15, 0.2) is 10.8 Å². The Labute approximate surface area is 262 Å². The topological polar surface area (TPSA) is 142 Å². The third kappa shape index (κ3) is 11.0. The molecule has 1 N–H and O–H groups in total. The van der Waals surface area contributed by atoms with E-state index in [0.717, 1.165) is 48.5 Å². The Kier molecular flexibility index (Phi) is 14.2. The van der Waals surface area contributed by atoms with Crippen molar-refractivity contribution in [2.45, 2.75) is 111 Å². The minimum Gasteiger partial charge on any atom is -0.481 e. The standard InChI is InChI=1S/C17H25NO4S.C13H17NO4S.CH4/c1-5-21-16(20)13-10-23-14(18-13)11-6-8-12(9-7-11)15(19)22-17(2,3)4;1-2-18-13(17)10-7-19-11(14-10)8-3-5-9(6-4-8)12(15)16;/h10-12H,5-9H2,1-4H3;7-9H,2-6H2,1H3,(H,15,16);1H4. The van der Waals surface area contributed by atoms with Crippen LogP contribution in [-0.2, 0) is 23.8 Å². The summed E-state index contributed by atoms with van der Waals surface area (Å²) in [5.41, 5.74) is 0.320. The minimum absolute atomic E-state index is 0. The first-order valence-corrected chi connectivity index (χ1v) is 16.4. The molecule has 2 saturated carbocycles. The summed E-state index contributed by atoms with van der Waals surface area (Å²) < 4.78 is 15.3. The summed E-state index contributed by atoms with van der Waals surface area (Å²) in [4.78, 5) is 54.9. The summed E-state index contributed by atoms with van der Waals surface area (Å²) in [5, 5.41) is 14.3. The number of carbonyl (C=O) groups is 4. The van der Waals surface area contributed by atoms with Crippen LogP contribution in [0.4, 0.5) is 0 Å². The van der Waals surface area contributed by atoms with E-state index in [2.05, 4.69) is 9.97 Å². The second-order valence-corrected chi connectivity index (χ2v) is 13.3. The normalized spacial score (nSPS) is 21.8. The molecule has 0 unspecified atom stereocenters. The first-order valence-electron chi connectivity index (χ1n) is 14.6. The van der Waals surface area contributed by atoms with Crippen LogP contribution in [0.25, 0.3) is 0 Å². The summed E-state index contributed by atoms with van der Waals surface area (Å²) in [7, 11) is 0. The largest absolute Gasteiger partial charge is 0.481 e. The number of esters is 3. The molecule has 0 atom stereocenters. The lowest BCUT2D eigenvalue weighted by atomic mass is 9.82. The fourth-order valence-electron chi connectivity index (χ4n) is 5.10. The maximum Gasteiger partial charge on any atom is 0.357 e. The lowest BCUT2D eigenvalue weighted by Crippen LogP contribution is -2.30. The van der Waals surface area contributed by atoms with Crippen molar-refractivity contribution in [3.05, 3.63) is 32.2 Å². The minimum atomic E-state index is -0.704. The molecule has 0 spiro atoms. The number of carboxylic acids is 1. The molecule has 0 bridgehead atoms. The third-order valence-corrected chi connectivity index (χ3v) is 9.27. The van der Waals surface area contributed by atoms with Gasteiger partial charge in [-0.05, 0) is 86.0 Å². The maximum absolute atomic E-state index is 12.1. The average molecular weight is 639 g/mol. The third-order valence-electron chi connectivity index (χ3n) is 7.26. The van der Waals surface area contributed by atoms with Gasteiger partial charge < -0.3 is 19.3 Å². The van der Waals surface area contributed by atoms with Crippen molar-refractivity contribution in [1.29, 1.82) is 0 Å². The van der Waals surface area contributed by atoms with Crippen LogP contribution in [0.1, 0.15) is 136 Å². The Bertz CT molecular complexity index is 1200. The highest BCUT2D eigenvalue weighted by Gasteiger charge is 2.32. The molecule has 2 aromatic heterocycles. The molecule has 2 aliphatic rings. The average Bonchev–Trinajstić information content (AvgIpc) is 3.64. The molecule has 43 heavy (non-hydrogen) atoms. The molecule has 0 radical (unpaired) electrons. The van der Waals surface area contributed by atoms with Crippen molar-refractivity contribution in [2.75, 3.05) is 13.2 Å². The monoisotopic (exact) mass is 638 g/mol. The molecule has 2 heterocycles. The summed E-state index contributed by atoms with van der Waals surface area (Å²) >= 11 is 2.96. The lowest BCUT2D eigenvalue weighted by molar-refractivity contribution is -0.161. The highest BCUT2D eigenvalue weighted by atomic mass is 32.1. The molecule has 10 nitrogen and oxygen atoms in total. The van der Waals surface area contributed by atoms with Gasteiger partial charge in [0.15, 0.2) is 11.4 Å². The molecule has 0 saturated heterocycles. The number of aromatic nitrogens is 2. The molecule has 0 amide bonds. The SMILES string of the molecule is C.CCOC(=O)c1csc(C2CCC(C(=O)O)CC2)n1.CCOC(=O)c1csc(C2CCC(C(=O)OC(C)(C)C)CC2)n1. The predicted octanol–water partition coefficient (Wildman–Crippen LogP) is 7.25. The van der Waals surface area contributed by atoms with Crippen LogP contribution in [0, 0.1) is 11.8 Å². The molecule has 2 fully saturated rings. The van der Waals surface area contributed by atoms with Gasteiger partial charge in [-0.1, -0.05) is 7.43 Å². The Morgan fingerprint density at radius 3 is 1.51 bits per heavy atom. The van der Waals surface area contributed by atoms with Gasteiger partial charge in [0, 0.05) is 22.6 Å². The quantitative estimate of drug-likeness (QED) is 0.232. The Balaban J connectivity index is 0.000000298. The van der Waals surface area contributed by atoms with Gasteiger partial charge in [0.2, 0.25) is 0 Å². The number of carboxylic acid groups (broad SMARTS) is 1. The van der Waals surface area contributed by atoms with Gasteiger partial charge in [-0.15, -0.1) is 22.7 Å². The second-order valence-electron chi connectivity index (χ2n) is 11.6. The van der Waals surface area contributed by atoms with Crippen molar-refractivity contribution < 1.29 is 38.5 Å². The molecule has 0 aliphatic heterocycles. The summed E-state index contributed by atoms with van der Waals surface area (Å²) in [5.74, 6) is -1.19. The van der Waals surface area contributed by atoms with Crippen molar-refractivity contribution in [3.8, 4) is 0 Å². The Morgan fingerprint density at radius 1 is 0.767 bits per heavy atom. The van der Waals surface area contributed by atoms with E-state index < -0.39 is 11.6 Å². The molecular formula is C31H46N2O8S2.